The number of benzene rings is 1. The Labute approximate surface area is 160 Å². The van der Waals surface area contributed by atoms with Gasteiger partial charge in [-0.2, -0.15) is 5.10 Å². The predicted molar refractivity (Wildman–Crippen MR) is 101 cm³/mol. The fourth-order valence-electron chi connectivity index (χ4n) is 3.48. The van der Waals surface area contributed by atoms with Crippen LogP contribution in [0.3, 0.4) is 0 Å². The van der Waals surface area contributed by atoms with E-state index in [0.29, 0.717) is 24.2 Å². The maximum absolute atomic E-state index is 13.5. The molecular weight excluding hydrogens is 361 g/mol. The normalized spacial score (nSPS) is 16.3. The Hall–Kier alpha value is -3.55. The highest BCUT2D eigenvalue weighted by atomic mass is 19.1. The first-order valence-electron chi connectivity index (χ1n) is 8.91. The van der Waals surface area contributed by atoms with Crippen molar-refractivity contribution in [2.24, 2.45) is 0 Å². The molecule has 2 aromatic heterocycles. The molecule has 1 unspecified atom stereocenters. The lowest BCUT2D eigenvalue weighted by Gasteiger charge is -2.23. The van der Waals surface area contributed by atoms with Gasteiger partial charge in [0.25, 0.3) is 5.91 Å². The monoisotopic (exact) mass is 379 g/mol. The number of carbonyl (C=O) groups excluding carboxylic acids is 2. The van der Waals surface area contributed by atoms with E-state index < -0.39 is 11.9 Å². The highest BCUT2D eigenvalue weighted by molar-refractivity contribution is 6.07. The number of halogens is 1. The largest absolute Gasteiger partial charge is 0.383 e. The fourth-order valence-corrected chi connectivity index (χ4v) is 3.48. The topological polar surface area (TPSA) is 94.1 Å². The Bertz CT molecular complexity index is 1030. The minimum absolute atomic E-state index is 0.122. The third-order valence-corrected chi connectivity index (χ3v) is 4.85. The van der Waals surface area contributed by atoms with Gasteiger partial charge in [-0.05, 0) is 43.2 Å². The van der Waals surface area contributed by atoms with Gasteiger partial charge in [0.2, 0.25) is 0 Å². The molecule has 1 fully saturated rings. The molecule has 1 aliphatic heterocycles. The van der Waals surface area contributed by atoms with E-state index in [1.807, 2.05) is 0 Å². The molecule has 8 heteroatoms. The van der Waals surface area contributed by atoms with Crippen molar-refractivity contribution in [2.45, 2.75) is 18.9 Å². The number of rotatable bonds is 4. The van der Waals surface area contributed by atoms with Crippen LogP contribution in [0.1, 0.15) is 33.6 Å². The molecular formula is C20H18FN5O2. The number of hydrogen-bond donors (Lipinski definition) is 1. The van der Waals surface area contributed by atoms with Crippen molar-refractivity contribution in [3.63, 3.8) is 0 Å². The van der Waals surface area contributed by atoms with Crippen LogP contribution in [0.15, 0.2) is 55.0 Å². The molecule has 2 N–H and O–H groups in total. The van der Waals surface area contributed by atoms with Gasteiger partial charge in [0.05, 0.1) is 29.1 Å². The van der Waals surface area contributed by atoms with Crippen LogP contribution in [0.2, 0.25) is 0 Å². The summed E-state index contributed by atoms with van der Waals surface area (Å²) in [6, 6.07) is 8.53. The van der Waals surface area contributed by atoms with Crippen molar-refractivity contribution in [3.8, 4) is 5.69 Å². The standard InChI is InChI=1S/C20H18FN5O2/c21-14-5-1-6-15(10-14)26-19(22)16(12-24-26)18(27)17-7-3-9-25(17)20(28)13-4-2-8-23-11-13/h1-2,4-6,8,10-12,17H,3,7,9,22H2. The molecule has 1 saturated heterocycles. The van der Waals surface area contributed by atoms with Crippen molar-refractivity contribution in [2.75, 3.05) is 12.3 Å². The number of ketones is 1. The van der Waals surface area contributed by atoms with Gasteiger partial charge < -0.3 is 10.6 Å². The number of nitrogens with zero attached hydrogens (tertiary/aromatic N) is 4. The van der Waals surface area contributed by atoms with E-state index in [-0.39, 0.29) is 23.1 Å². The molecule has 142 valence electrons. The smallest absolute Gasteiger partial charge is 0.256 e. The van der Waals surface area contributed by atoms with Crippen molar-refractivity contribution in [1.82, 2.24) is 19.7 Å². The molecule has 7 nitrogen and oxygen atoms in total. The van der Waals surface area contributed by atoms with Crippen LogP contribution < -0.4 is 5.73 Å². The van der Waals surface area contributed by atoms with E-state index in [2.05, 4.69) is 10.1 Å². The van der Waals surface area contributed by atoms with E-state index in [0.717, 1.165) is 6.42 Å². The summed E-state index contributed by atoms with van der Waals surface area (Å²) in [5, 5.41) is 4.14. The molecule has 0 aliphatic carbocycles. The first-order chi connectivity index (χ1) is 13.6. The molecule has 4 rings (SSSR count). The summed E-state index contributed by atoms with van der Waals surface area (Å²) < 4.78 is 14.8. The third-order valence-electron chi connectivity index (χ3n) is 4.85. The summed E-state index contributed by atoms with van der Waals surface area (Å²) in [4.78, 5) is 31.4. The van der Waals surface area contributed by atoms with Crippen LogP contribution in [-0.4, -0.2) is 43.9 Å². The summed E-state index contributed by atoms with van der Waals surface area (Å²) in [6.45, 7) is 0.488. The van der Waals surface area contributed by atoms with Crippen molar-refractivity contribution in [3.05, 3.63) is 71.9 Å². The maximum atomic E-state index is 13.5. The van der Waals surface area contributed by atoms with E-state index in [4.69, 9.17) is 5.73 Å². The number of carbonyl (C=O) groups is 2. The quantitative estimate of drug-likeness (QED) is 0.703. The second-order valence-electron chi connectivity index (χ2n) is 6.60. The van der Waals surface area contributed by atoms with Gasteiger partial charge in [0.15, 0.2) is 5.78 Å². The van der Waals surface area contributed by atoms with Gasteiger partial charge in [-0.1, -0.05) is 6.07 Å². The minimum atomic E-state index is -0.611. The second kappa shape index (κ2) is 7.22. The van der Waals surface area contributed by atoms with Gasteiger partial charge in [-0.15, -0.1) is 0 Å². The average molecular weight is 379 g/mol. The highest BCUT2D eigenvalue weighted by Gasteiger charge is 2.36. The molecule has 1 aromatic carbocycles. The van der Waals surface area contributed by atoms with Crippen LogP contribution in [0.4, 0.5) is 10.2 Å². The van der Waals surface area contributed by atoms with Crippen molar-refractivity contribution < 1.29 is 14.0 Å². The highest BCUT2D eigenvalue weighted by Crippen LogP contribution is 2.26. The summed E-state index contributed by atoms with van der Waals surface area (Å²) in [7, 11) is 0. The molecule has 1 amide bonds. The molecule has 1 atom stereocenters. The molecule has 0 bridgehead atoms. The summed E-state index contributed by atoms with van der Waals surface area (Å²) in [6.07, 6.45) is 5.72. The number of hydrogen-bond acceptors (Lipinski definition) is 5. The van der Waals surface area contributed by atoms with Gasteiger partial charge in [0, 0.05) is 18.9 Å². The van der Waals surface area contributed by atoms with Crippen molar-refractivity contribution in [1.29, 1.82) is 0 Å². The lowest BCUT2D eigenvalue weighted by atomic mass is 10.0. The first kappa shape index (κ1) is 17.8. The van der Waals surface area contributed by atoms with Crippen LogP contribution in [-0.2, 0) is 0 Å². The number of amides is 1. The van der Waals surface area contributed by atoms with Gasteiger partial charge in [-0.25, -0.2) is 9.07 Å². The fraction of sp³-hybridized carbons (Fsp3) is 0.200. The molecule has 0 radical (unpaired) electrons. The Balaban J connectivity index is 1.62. The lowest BCUT2D eigenvalue weighted by molar-refractivity contribution is 0.0671. The molecule has 28 heavy (non-hydrogen) atoms. The summed E-state index contributed by atoms with van der Waals surface area (Å²) >= 11 is 0. The molecule has 0 saturated carbocycles. The Kier molecular flexibility index (Phi) is 4.60. The van der Waals surface area contributed by atoms with E-state index in [1.54, 1.807) is 35.4 Å². The number of nitrogens with two attached hydrogens (primary N) is 1. The second-order valence-corrected chi connectivity index (χ2v) is 6.60. The maximum Gasteiger partial charge on any atom is 0.256 e. The number of aromatic nitrogens is 3. The van der Waals surface area contributed by atoms with Crippen molar-refractivity contribution >= 4 is 17.5 Å². The van der Waals surface area contributed by atoms with Gasteiger partial charge >= 0.3 is 0 Å². The zero-order valence-corrected chi connectivity index (χ0v) is 15.0. The number of Topliss-reactive ketones (excluding diaryl/α,β-unsaturated/α-hetero) is 1. The Morgan fingerprint density at radius 1 is 1.18 bits per heavy atom. The third kappa shape index (κ3) is 3.13. The SMILES string of the molecule is Nc1c(C(=O)C2CCCN2C(=O)c2cccnc2)cnn1-c1cccc(F)c1. The van der Waals surface area contributed by atoms with E-state index in [9.17, 15) is 14.0 Å². The first-order valence-corrected chi connectivity index (χ1v) is 8.91. The average Bonchev–Trinajstić information content (AvgIpc) is 3.34. The van der Waals surface area contributed by atoms with Crippen LogP contribution in [0, 0.1) is 5.82 Å². The van der Waals surface area contributed by atoms with Crippen LogP contribution in [0.5, 0.6) is 0 Å². The minimum Gasteiger partial charge on any atom is -0.383 e. The Morgan fingerprint density at radius 3 is 2.79 bits per heavy atom. The van der Waals surface area contributed by atoms with Gasteiger partial charge in [-0.3, -0.25) is 14.6 Å². The molecule has 1 aliphatic rings. The molecule has 0 spiro atoms. The number of nitrogen functional groups attached to an aromatic ring is 1. The predicted octanol–water partition coefficient (Wildman–Crippen LogP) is 2.48. The summed E-state index contributed by atoms with van der Waals surface area (Å²) in [5.41, 5.74) is 7.21. The zero-order chi connectivity index (χ0) is 19.7. The number of pyridine rings is 1. The van der Waals surface area contributed by atoms with Crippen LogP contribution >= 0.6 is 0 Å². The van der Waals surface area contributed by atoms with E-state index in [1.165, 1.54) is 29.2 Å². The lowest BCUT2D eigenvalue weighted by Crippen LogP contribution is -2.40. The molecule has 3 aromatic rings. The molecule has 3 heterocycles. The number of anilines is 1. The Morgan fingerprint density at radius 2 is 2.04 bits per heavy atom. The zero-order valence-electron chi connectivity index (χ0n) is 15.0. The summed E-state index contributed by atoms with van der Waals surface area (Å²) in [5.74, 6) is -0.810. The van der Waals surface area contributed by atoms with Crippen LogP contribution in [0.25, 0.3) is 5.69 Å². The van der Waals surface area contributed by atoms with E-state index >= 15 is 0 Å². The van der Waals surface area contributed by atoms with Gasteiger partial charge in [0.1, 0.15) is 11.6 Å². The number of likely N-dealkylation sites (tertiary alicyclic amines) is 1.